The minimum atomic E-state index is -0.325. The SMILES string of the molecule is CCOC(=O)c1csc(N2CCC(N(CC)CC)C2)n1. The molecule has 1 saturated heterocycles. The van der Waals surface area contributed by atoms with Crippen LogP contribution in [0.4, 0.5) is 5.13 Å². The van der Waals surface area contributed by atoms with Gasteiger partial charge < -0.3 is 9.64 Å². The van der Waals surface area contributed by atoms with E-state index in [9.17, 15) is 4.79 Å². The number of likely N-dealkylation sites (N-methyl/N-ethyl adjacent to an activating group) is 1. The molecule has 20 heavy (non-hydrogen) atoms. The average Bonchev–Trinajstić information content (AvgIpc) is 3.09. The second-order valence-corrected chi connectivity index (χ2v) is 5.68. The van der Waals surface area contributed by atoms with Gasteiger partial charge in [-0.3, -0.25) is 4.90 Å². The molecule has 1 aliphatic rings. The van der Waals surface area contributed by atoms with Crippen molar-refractivity contribution in [1.29, 1.82) is 0 Å². The molecule has 0 bridgehead atoms. The van der Waals surface area contributed by atoms with Crippen LogP contribution in [0.2, 0.25) is 0 Å². The van der Waals surface area contributed by atoms with E-state index in [0.717, 1.165) is 37.7 Å². The summed E-state index contributed by atoms with van der Waals surface area (Å²) in [6.07, 6.45) is 1.16. The lowest BCUT2D eigenvalue weighted by molar-refractivity contribution is 0.0520. The van der Waals surface area contributed by atoms with Crippen LogP contribution in [0.5, 0.6) is 0 Å². The molecular weight excluding hydrogens is 274 g/mol. The lowest BCUT2D eigenvalue weighted by Gasteiger charge is -2.25. The van der Waals surface area contributed by atoms with Crippen LogP contribution in [0.1, 0.15) is 37.7 Å². The van der Waals surface area contributed by atoms with Crippen LogP contribution in [0.15, 0.2) is 5.38 Å². The van der Waals surface area contributed by atoms with Gasteiger partial charge in [-0.2, -0.15) is 0 Å². The predicted molar refractivity (Wildman–Crippen MR) is 81.6 cm³/mol. The molecule has 0 aliphatic carbocycles. The Morgan fingerprint density at radius 3 is 2.90 bits per heavy atom. The normalized spacial score (nSPS) is 18.8. The maximum absolute atomic E-state index is 11.6. The van der Waals surface area contributed by atoms with Crippen molar-refractivity contribution in [2.24, 2.45) is 0 Å². The number of carbonyl (C=O) groups excluding carboxylic acids is 1. The smallest absolute Gasteiger partial charge is 0.357 e. The summed E-state index contributed by atoms with van der Waals surface area (Å²) in [5.74, 6) is -0.325. The number of ether oxygens (including phenoxy) is 1. The van der Waals surface area contributed by atoms with Crippen molar-refractivity contribution in [3.63, 3.8) is 0 Å². The largest absolute Gasteiger partial charge is 0.461 e. The van der Waals surface area contributed by atoms with Crippen molar-refractivity contribution in [2.75, 3.05) is 37.7 Å². The topological polar surface area (TPSA) is 45.7 Å². The number of thiazole rings is 1. The lowest BCUT2D eigenvalue weighted by Crippen LogP contribution is -2.37. The van der Waals surface area contributed by atoms with E-state index in [1.807, 2.05) is 0 Å². The highest BCUT2D eigenvalue weighted by Gasteiger charge is 2.28. The van der Waals surface area contributed by atoms with Gasteiger partial charge in [0.15, 0.2) is 10.8 Å². The Morgan fingerprint density at radius 2 is 2.25 bits per heavy atom. The summed E-state index contributed by atoms with van der Waals surface area (Å²) in [6.45, 7) is 10.8. The van der Waals surface area contributed by atoms with Gasteiger partial charge in [-0.05, 0) is 26.4 Å². The van der Waals surface area contributed by atoms with Gasteiger partial charge in [0.2, 0.25) is 0 Å². The molecule has 1 aromatic rings. The summed E-state index contributed by atoms with van der Waals surface area (Å²) in [5.41, 5.74) is 0.429. The second kappa shape index (κ2) is 7.04. The van der Waals surface area contributed by atoms with Crippen molar-refractivity contribution >= 4 is 22.4 Å². The van der Waals surface area contributed by atoms with Gasteiger partial charge >= 0.3 is 5.97 Å². The van der Waals surface area contributed by atoms with E-state index in [-0.39, 0.29) is 5.97 Å². The average molecular weight is 297 g/mol. The summed E-state index contributed by atoms with van der Waals surface area (Å²) in [7, 11) is 0. The number of carbonyl (C=O) groups is 1. The summed E-state index contributed by atoms with van der Waals surface area (Å²) >= 11 is 1.53. The Labute approximate surface area is 124 Å². The van der Waals surface area contributed by atoms with E-state index >= 15 is 0 Å². The van der Waals surface area contributed by atoms with Crippen LogP contribution in [0, 0.1) is 0 Å². The molecular formula is C14H23N3O2S. The lowest BCUT2D eigenvalue weighted by atomic mass is 10.2. The number of rotatable bonds is 6. The summed E-state index contributed by atoms with van der Waals surface area (Å²) in [5, 5.41) is 2.72. The first-order chi connectivity index (χ1) is 9.69. The standard InChI is InChI=1S/C14H23N3O2S/c1-4-16(5-2)11-7-8-17(9-11)14-15-12(10-20-14)13(18)19-6-3/h10-11H,4-9H2,1-3H3. The summed E-state index contributed by atoms with van der Waals surface area (Å²) < 4.78 is 4.98. The van der Waals surface area contributed by atoms with E-state index in [2.05, 4.69) is 28.6 Å². The third kappa shape index (κ3) is 3.30. The van der Waals surface area contributed by atoms with Crippen LogP contribution >= 0.6 is 11.3 Å². The predicted octanol–water partition coefficient (Wildman–Crippen LogP) is 2.24. The highest BCUT2D eigenvalue weighted by atomic mass is 32.1. The Morgan fingerprint density at radius 1 is 1.50 bits per heavy atom. The maximum Gasteiger partial charge on any atom is 0.357 e. The molecule has 1 aliphatic heterocycles. The van der Waals surface area contributed by atoms with Crippen LogP contribution < -0.4 is 4.90 Å². The molecule has 1 unspecified atom stereocenters. The van der Waals surface area contributed by atoms with E-state index in [1.54, 1.807) is 12.3 Å². The zero-order chi connectivity index (χ0) is 14.5. The van der Waals surface area contributed by atoms with Gasteiger partial charge in [0, 0.05) is 24.5 Å². The first kappa shape index (κ1) is 15.3. The molecule has 1 fully saturated rings. The van der Waals surface area contributed by atoms with Crippen molar-refractivity contribution < 1.29 is 9.53 Å². The first-order valence-corrected chi connectivity index (χ1v) is 8.19. The van der Waals surface area contributed by atoms with E-state index < -0.39 is 0 Å². The number of hydrogen-bond donors (Lipinski definition) is 0. The summed E-state index contributed by atoms with van der Waals surface area (Å²) in [4.78, 5) is 20.8. The molecule has 1 aromatic heterocycles. The molecule has 0 amide bonds. The number of anilines is 1. The van der Waals surface area contributed by atoms with E-state index in [4.69, 9.17) is 4.74 Å². The Balaban J connectivity index is 1.98. The first-order valence-electron chi connectivity index (χ1n) is 7.31. The molecule has 0 aromatic carbocycles. The molecule has 6 heteroatoms. The van der Waals surface area contributed by atoms with E-state index in [1.165, 1.54) is 11.3 Å². The monoisotopic (exact) mass is 297 g/mol. The Hall–Kier alpha value is -1.14. The van der Waals surface area contributed by atoms with Crippen molar-refractivity contribution in [3.05, 3.63) is 11.1 Å². The second-order valence-electron chi connectivity index (χ2n) is 4.85. The molecule has 2 heterocycles. The number of hydrogen-bond acceptors (Lipinski definition) is 6. The zero-order valence-corrected chi connectivity index (χ0v) is 13.3. The third-order valence-corrected chi connectivity index (χ3v) is 4.64. The van der Waals surface area contributed by atoms with Crippen LogP contribution in [-0.2, 0) is 4.74 Å². The molecule has 2 rings (SSSR count). The highest BCUT2D eigenvalue weighted by Crippen LogP contribution is 2.26. The van der Waals surface area contributed by atoms with Crippen LogP contribution in [0.25, 0.3) is 0 Å². The number of esters is 1. The van der Waals surface area contributed by atoms with Crippen molar-refractivity contribution in [2.45, 2.75) is 33.2 Å². The van der Waals surface area contributed by atoms with Gasteiger partial charge in [0.1, 0.15) is 0 Å². The Kier molecular flexibility index (Phi) is 5.37. The van der Waals surface area contributed by atoms with Gasteiger partial charge in [-0.15, -0.1) is 11.3 Å². The third-order valence-electron chi connectivity index (χ3n) is 3.74. The number of aromatic nitrogens is 1. The molecule has 5 nitrogen and oxygen atoms in total. The maximum atomic E-state index is 11.6. The van der Waals surface area contributed by atoms with Crippen LogP contribution in [0.3, 0.4) is 0 Å². The van der Waals surface area contributed by atoms with Crippen molar-refractivity contribution in [1.82, 2.24) is 9.88 Å². The zero-order valence-electron chi connectivity index (χ0n) is 12.5. The fourth-order valence-electron chi connectivity index (χ4n) is 2.66. The Bertz CT molecular complexity index is 445. The fourth-order valence-corrected chi connectivity index (χ4v) is 3.49. The van der Waals surface area contributed by atoms with E-state index in [0.29, 0.717) is 18.3 Å². The summed E-state index contributed by atoms with van der Waals surface area (Å²) in [6, 6.07) is 0.597. The molecule has 1 atom stereocenters. The van der Waals surface area contributed by atoms with Gasteiger partial charge in [-0.25, -0.2) is 9.78 Å². The van der Waals surface area contributed by atoms with Crippen molar-refractivity contribution in [3.8, 4) is 0 Å². The minimum absolute atomic E-state index is 0.325. The minimum Gasteiger partial charge on any atom is -0.461 e. The molecule has 0 N–H and O–H groups in total. The molecule has 0 radical (unpaired) electrons. The molecule has 112 valence electrons. The van der Waals surface area contributed by atoms with Gasteiger partial charge in [0.05, 0.1) is 6.61 Å². The number of nitrogens with zero attached hydrogens (tertiary/aromatic N) is 3. The fraction of sp³-hybridized carbons (Fsp3) is 0.714. The molecule has 0 saturated carbocycles. The highest BCUT2D eigenvalue weighted by molar-refractivity contribution is 7.13. The van der Waals surface area contributed by atoms with Gasteiger partial charge in [-0.1, -0.05) is 13.8 Å². The van der Waals surface area contributed by atoms with Gasteiger partial charge in [0.25, 0.3) is 0 Å². The quantitative estimate of drug-likeness (QED) is 0.754. The molecule has 0 spiro atoms. The van der Waals surface area contributed by atoms with Crippen LogP contribution in [-0.4, -0.2) is 54.7 Å².